The molecule has 0 N–H and O–H groups in total. The highest BCUT2D eigenvalue weighted by Gasteiger charge is 2.19. The van der Waals surface area contributed by atoms with Crippen molar-refractivity contribution >= 4 is 17.9 Å². The van der Waals surface area contributed by atoms with Crippen LogP contribution in [0.15, 0.2) is 109 Å². The van der Waals surface area contributed by atoms with Gasteiger partial charge in [-0.3, -0.25) is 14.4 Å². The normalized spacial score (nSPS) is 12.9. The average molecular weight is 972 g/mol. The molecule has 398 valence electrons. The van der Waals surface area contributed by atoms with Gasteiger partial charge in [0.05, 0.1) is 0 Å². The van der Waals surface area contributed by atoms with Crippen molar-refractivity contribution in [3.8, 4) is 0 Å². The zero-order valence-corrected chi connectivity index (χ0v) is 45.5. The predicted molar refractivity (Wildman–Crippen MR) is 302 cm³/mol. The van der Waals surface area contributed by atoms with E-state index in [1.807, 2.05) is 60.8 Å². The molecule has 0 saturated heterocycles. The summed E-state index contributed by atoms with van der Waals surface area (Å²) in [5.74, 6) is -0.962. The minimum atomic E-state index is -0.811. The van der Waals surface area contributed by atoms with Crippen LogP contribution in [0, 0.1) is 0 Å². The van der Waals surface area contributed by atoms with Gasteiger partial charge < -0.3 is 14.2 Å². The molecule has 0 rings (SSSR count). The van der Waals surface area contributed by atoms with Crippen LogP contribution >= 0.6 is 0 Å². The molecule has 0 heterocycles. The summed E-state index contributed by atoms with van der Waals surface area (Å²) in [7, 11) is 0. The summed E-state index contributed by atoms with van der Waals surface area (Å²) in [5.41, 5.74) is 0. The maximum atomic E-state index is 12.8. The fourth-order valence-corrected chi connectivity index (χ4v) is 7.79. The molecule has 0 aliphatic rings. The maximum Gasteiger partial charge on any atom is 0.306 e. The molecule has 0 spiro atoms. The molecule has 0 aliphatic heterocycles. The second-order valence-electron chi connectivity index (χ2n) is 19.0. The summed E-state index contributed by atoms with van der Waals surface area (Å²) in [4.78, 5) is 38.2. The van der Waals surface area contributed by atoms with E-state index in [1.54, 1.807) is 0 Å². The third-order valence-corrected chi connectivity index (χ3v) is 12.1. The Hall–Kier alpha value is -3.93. The van der Waals surface area contributed by atoms with Crippen molar-refractivity contribution in [2.45, 2.75) is 264 Å². The van der Waals surface area contributed by atoms with Crippen molar-refractivity contribution in [3.63, 3.8) is 0 Å². The van der Waals surface area contributed by atoms with Crippen LogP contribution in [-0.4, -0.2) is 37.2 Å². The molecule has 6 nitrogen and oxygen atoms in total. The predicted octanol–water partition coefficient (Wildman–Crippen LogP) is 19.5. The molecular weight excluding hydrogens is 865 g/mol. The van der Waals surface area contributed by atoms with Crippen molar-refractivity contribution in [3.05, 3.63) is 109 Å². The molecule has 0 aliphatic carbocycles. The second kappa shape index (κ2) is 57.6. The Labute approximate surface area is 431 Å². The van der Waals surface area contributed by atoms with E-state index >= 15 is 0 Å². The fourth-order valence-electron chi connectivity index (χ4n) is 7.79. The van der Waals surface area contributed by atoms with Crippen molar-refractivity contribution in [1.82, 2.24) is 0 Å². The molecule has 1 atom stereocenters. The maximum absolute atomic E-state index is 12.8. The molecule has 0 saturated carbocycles. The van der Waals surface area contributed by atoms with Crippen LogP contribution in [0.25, 0.3) is 0 Å². The number of esters is 3. The van der Waals surface area contributed by atoms with Gasteiger partial charge in [0.25, 0.3) is 0 Å². The Bertz CT molecular complexity index is 1440. The van der Waals surface area contributed by atoms with Crippen LogP contribution in [0.5, 0.6) is 0 Å². The standard InChI is InChI=1S/C64H106O6/c1-4-7-10-13-16-19-22-25-28-31-34-36-39-42-45-48-51-54-57-63(66)69-60-61(70-64(67)58-55-52-49-46-43-40-37-33-30-27-24-21-18-15-12-9-6-3)59-68-62(65)56-53-50-47-44-41-38-35-32-29-26-23-20-17-14-11-8-5-2/h9,12,15,17-18,20-21,24,26-27,29-30,33-34,36-37,40,43,61H,4-8,10-11,13-14,16,19,22-23,25,28,31-32,35,38-39,41-42,44-60H2,1-3H3/b12-9-,18-15-,20-17-,24-21-,29-26-,30-27-,36-34-,37-33+,43-40-. The Morgan fingerprint density at radius 2 is 0.614 bits per heavy atom. The van der Waals surface area contributed by atoms with E-state index in [4.69, 9.17) is 14.2 Å². The van der Waals surface area contributed by atoms with Crippen LogP contribution in [0.2, 0.25) is 0 Å². The van der Waals surface area contributed by atoms with Crippen molar-refractivity contribution in [2.24, 2.45) is 0 Å². The summed E-state index contributed by atoms with van der Waals surface area (Å²) in [5, 5.41) is 0. The topological polar surface area (TPSA) is 78.9 Å². The first-order chi connectivity index (χ1) is 34.5. The van der Waals surface area contributed by atoms with Crippen LogP contribution in [0.1, 0.15) is 258 Å². The lowest BCUT2D eigenvalue weighted by Crippen LogP contribution is -2.30. The fraction of sp³-hybridized carbons (Fsp3) is 0.672. The third kappa shape index (κ3) is 55.0. The van der Waals surface area contributed by atoms with Gasteiger partial charge in [0.2, 0.25) is 0 Å². The van der Waals surface area contributed by atoms with Crippen LogP contribution in [-0.2, 0) is 28.6 Å². The molecular formula is C64H106O6. The molecule has 0 aromatic heterocycles. The van der Waals surface area contributed by atoms with E-state index in [-0.39, 0.29) is 37.5 Å². The first kappa shape index (κ1) is 66.1. The number of allylic oxidation sites excluding steroid dienone is 18. The Balaban J connectivity index is 4.50. The summed E-state index contributed by atoms with van der Waals surface area (Å²) < 4.78 is 16.8. The highest BCUT2D eigenvalue weighted by atomic mass is 16.6. The van der Waals surface area contributed by atoms with Crippen LogP contribution in [0.4, 0.5) is 0 Å². The van der Waals surface area contributed by atoms with E-state index in [1.165, 1.54) is 122 Å². The van der Waals surface area contributed by atoms with Gasteiger partial charge in [0.15, 0.2) is 6.10 Å². The van der Waals surface area contributed by atoms with E-state index in [0.717, 1.165) is 89.9 Å². The summed E-state index contributed by atoms with van der Waals surface area (Å²) in [6, 6.07) is 0. The highest BCUT2D eigenvalue weighted by molar-refractivity contribution is 5.71. The molecule has 70 heavy (non-hydrogen) atoms. The lowest BCUT2D eigenvalue weighted by atomic mass is 10.1. The summed E-state index contributed by atoms with van der Waals surface area (Å²) in [6.45, 7) is 6.43. The molecule has 0 fully saturated rings. The van der Waals surface area contributed by atoms with Gasteiger partial charge in [0.1, 0.15) is 13.2 Å². The highest BCUT2D eigenvalue weighted by Crippen LogP contribution is 2.14. The number of carbonyl (C=O) groups is 3. The largest absolute Gasteiger partial charge is 0.462 e. The number of ether oxygens (including phenoxy) is 3. The zero-order valence-electron chi connectivity index (χ0n) is 45.5. The van der Waals surface area contributed by atoms with Gasteiger partial charge in [-0.15, -0.1) is 0 Å². The number of rotatable bonds is 51. The molecule has 0 aromatic carbocycles. The molecule has 6 heteroatoms. The van der Waals surface area contributed by atoms with Crippen LogP contribution in [0.3, 0.4) is 0 Å². The first-order valence-electron chi connectivity index (χ1n) is 29.0. The SMILES string of the molecule is CC\C=C/C=C\C=C/C=C\C=C\C=C/CCCCCC(=O)OC(COC(=O)CCCCCCC/C=C\CCCCCCCCCCC)COC(=O)CCCCCCCCC/C=C\C/C=C\CCCCC. The molecule has 0 bridgehead atoms. The molecule has 0 amide bonds. The van der Waals surface area contributed by atoms with E-state index in [9.17, 15) is 14.4 Å². The quantitative estimate of drug-likeness (QED) is 0.0199. The van der Waals surface area contributed by atoms with Crippen molar-refractivity contribution in [2.75, 3.05) is 13.2 Å². The lowest BCUT2D eigenvalue weighted by Gasteiger charge is -2.18. The molecule has 0 radical (unpaired) electrons. The minimum Gasteiger partial charge on any atom is -0.462 e. The van der Waals surface area contributed by atoms with Gasteiger partial charge in [0, 0.05) is 19.3 Å². The summed E-state index contributed by atoms with van der Waals surface area (Å²) >= 11 is 0. The first-order valence-corrected chi connectivity index (χ1v) is 29.0. The number of hydrogen-bond donors (Lipinski definition) is 0. The van der Waals surface area contributed by atoms with Gasteiger partial charge in [-0.05, 0) is 96.3 Å². The van der Waals surface area contributed by atoms with Crippen LogP contribution < -0.4 is 0 Å². The van der Waals surface area contributed by atoms with Crippen molar-refractivity contribution in [1.29, 1.82) is 0 Å². The Morgan fingerprint density at radius 1 is 0.314 bits per heavy atom. The van der Waals surface area contributed by atoms with Crippen molar-refractivity contribution < 1.29 is 28.6 Å². The number of unbranched alkanes of at least 4 members (excludes halogenated alkanes) is 27. The summed E-state index contributed by atoms with van der Waals surface area (Å²) in [6.07, 6.45) is 77.9. The zero-order chi connectivity index (χ0) is 50.7. The monoisotopic (exact) mass is 971 g/mol. The Morgan fingerprint density at radius 3 is 1.04 bits per heavy atom. The molecule has 0 aromatic rings. The minimum absolute atomic E-state index is 0.104. The van der Waals surface area contributed by atoms with Gasteiger partial charge in [-0.25, -0.2) is 0 Å². The lowest BCUT2D eigenvalue weighted by molar-refractivity contribution is -0.167. The molecule has 1 unspecified atom stereocenters. The third-order valence-electron chi connectivity index (χ3n) is 12.1. The van der Waals surface area contributed by atoms with Gasteiger partial charge in [-0.2, -0.15) is 0 Å². The van der Waals surface area contributed by atoms with E-state index in [0.29, 0.717) is 19.3 Å². The average Bonchev–Trinajstić information content (AvgIpc) is 3.36. The Kier molecular flexibility index (Phi) is 54.4. The number of carbonyl (C=O) groups excluding carboxylic acids is 3. The second-order valence-corrected chi connectivity index (χ2v) is 19.0. The smallest absolute Gasteiger partial charge is 0.306 e. The van der Waals surface area contributed by atoms with Gasteiger partial charge >= 0.3 is 17.9 Å². The van der Waals surface area contributed by atoms with E-state index < -0.39 is 6.10 Å². The van der Waals surface area contributed by atoms with E-state index in [2.05, 4.69) is 69.4 Å². The van der Waals surface area contributed by atoms with Gasteiger partial charge in [-0.1, -0.05) is 252 Å². The number of hydrogen-bond acceptors (Lipinski definition) is 6.